The van der Waals surface area contributed by atoms with E-state index >= 15 is 0 Å². The Bertz CT molecular complexity index is 845. The number of rotatable bonds is 4. The van der Waals surface area contributed by atoms with E-state index in [4.69, 9.17) is 5.10 Å². The van der Waals surface area contributed by atoms with Gasteiger partial charge < -0.3 is 5.32 Å². The zero-order valence-electron chi connectivity index (χ0n) is 21.3. The van der Waals surface area contributed by atoms with Crippen LogP contribution < -0.4 is 5.32 Å². The van der Waals surface area contributed by atoms with E-state index in [0.717, 1.165) is 23.8 Å². The summed E-state index contributed by atoms with van der Waals surface area (Å²) in [6, 6.07) is 0.596. The molecule has 0 saturated heterocycles. The lowest BCUT2D eigenvalue weighted by Gasteiger charge is -2.47. The summed E-state index contributed by atoms with van der Waals surface area (Å²) in [6.07, 6.45) is 9.63. The molecule has 1 amide bonds. The predicted molar refractivity (Wildman–Crippen MR) is 127 cm³/mol. The van der Waals surface area contributed by atoms with Crippen molar-refractivity contribution in [2.75, 3.05) is 0 Å². The zero-order chi connectivity index (χ0) is 22.8. The maximum Gasteiger partial charge on any atom is 0.272 e. The van der Waals surface area contributed by atoms with Crippen molar-refractivity contribution in [1.29, 1.82) is 0 Å². The summed E-state index contributed by atoms with van der Waals surface area (Å²) in [5.74, 6) is 1.54. The van der Waals surface area contributed by atoms with Gasteiger partial charge in [0.1, 0.15) is 0 Å². The van der Waals surface area contributed by atoms with E-state index in [1.165, 1.54) is 50.6 Å². The first-order valence-corrected chi connectivity index (χ1v) is 12.9. The first-order chi connectivity index (χ1) is 14.5. The van der Waals surface area contributed by atoms with Gasteiger partial charge in [0.25, 0.3) is 5.91 Å². The maximum absolute atomic E-state index is 13.7. The largest absolute Gasteiger partial charge is 0.347 e. The lowest BCUT2D eigenvalue weighted by atomic mass is 9.62. The molecule has 4 atom stereocenters. The number of fused-ring (bicyclic) bond motifs is 1. The number of aromatic nitrogens is 2. The molecule has 0 bridgehead atoms. The summed E-state index contributed by atoms with van der Waals surface area (Å²) < 4.78 is 2.22. The molecule has 4 nitrogen and oxygen atoms in total. The van der Waals surface area contributed by atoms with Crippen molar-refractivity contribution < 1.29 is 4.79 Å². The average molecular weight is 428 g/mol. The molecule has 1 N–H and O–H groups in total. The van der Waals surface area contributed by atoms with Gasteiger partial charge in [-0.15, -0.1) is 0 Å². The molecule has 4 rings (SSSR count). The minimum absolute atomic E-state index is 0.0308. The van der Waals surface area contributed by atoms with Crippen molar-refractivity contribution in [3.63, 3.8) is 0 Å². The van der Waals surface area contributed by atoms with Crippen LogP contribution in [0.5, 0.6) is 0 Å². The third kappa shape index (κ3) is 3.38. The minimum Gasteiger partial charge on any atom is -0.347 e. The number of nitrogens with zero attached hydrogens (tertiary/aromatic N) is 2. The Morgan fingerprint density at radius 2 is 1.74 bits per heavy atom. The predicted octanol–water partition coefficient (Wildman–Crippen LogP) is 6.48. The highest BCUT2D eigenvalue weighted by Gasteiger charge is 2.70. The lowest BCUT2D eigenvalue weighted by molar-refractivity contribution is 0.0431. The van der Waals surface area contributed by atoms with Crippen LogP contribution in [0.15, 0.2) is 0 Å². The minimum atomic E-state index is 0.0308. The molecule has 0 spiro atoms. The summed E-state index contributed by atoms with van der Waals surface area (Å²) >= 11 is 0. The smallest absolute Gasteiger partial charge is 0.272 e. The molecule has 0 aromatic carbocycles. The van der Waals surface area contributed by atoms with E-state index < -0.39 is 0 Å². The zero-order valence-corrected chi connectivity index (χ0v) is 21.3. The molecule has 3 aliphatic rings. The van der Waals surface area contributed by atoms with Crippen LogP contribution in [0, 0.1) is 35.0 Å². The Balaban J connectivity index is 1.64. The molecule has 31 heavy (non-hydrogen) atoms. The van der Waals surface area contributed by atoms with Gasteiger partial charge in [-0.2, -0.15) is 5.10 Å². The van der Waals surface area contributed by atoms with Crippen molar-refractivity contribution in [2.24, 2.45) is 28.1 Å². The normalized spacial score (nSPS) is 34.6. The third-order valence-corrected chi connectivity index (χ3v) is 10.2. The molecule has 3 fully saturated rings. The van der Waals surface area contributed by atoms with Crippen LogP contribution >= 0.6 is 0 Å². The molecule has 0 aliphatic heterocycles. The molecule has 174 valence electrons. The molecule has 4 heteroatoms. The summed E-state index contributed by atoms with van der Waals surface area (Å²) in [5, 5.41) is 8.51. The highest BCUT2D eigenvalue weighted by Crippen LogP contribution is 2.73. The number of hydrogen-bond donors (Lipinski definition) is 1. The van der Waals surface area contributed by atoms with Gasteiger partial charge in [0.05, 0.1) is 6.04 Å². The molecule has 3 aliphatic carbocycles. The Labute approximate surface area is 189 Å². The Morgan fingerprint density at radius 1 is 1.10 bits per heavy atom. The van der Waals surface area contributed by atoms with Gasteiger partial charge in [-0.3, -0.25) is 9.48 Å². The van der Waals surface area contributed by atoms with Gasteiger partial charge in [0.15, 0.2) is 5.69 Å². The molecule has 1 aromatic heterocycles. The Morgan fingerprint density at radius 3 is 2.35 bits per heavy atom. The van der Waals surface area contributed by atoms with Crippen molar-refractivity contribution >= 4 is 5.91 Å². The van der Waals surface area contributed by atoms with E-state index in [0.29, 0.717) is 17.2 Å². The van der Waals surface area contributed by atoms with Gasteiger partial charge >= 0.3 is 0 Å². The van der Waals surface area contributed by atoms with Crippen LogP contribution in [0.25, 0.3) is 0 Å². The van der Waals surface area contributed by atoms with Crippen LogP contribution in [0.1, 0.15) is 121 Å². The van der Waals surface area contributed by atoms with Crippen LogP contribution in [0.3, 0.4) is 0 Å². The SMILES string of the molecule is CCc1c(C)c(C(=O)N[C@@H]2C(C)(C)CCC3C(C)C3(C)C2(C)C)nn1C1CCCCC1. The van der Waals surface area contributed by atoms with Gasteiger partial charge in [-0.25, -0.2) is 0 Å². The second-order valence-corrected chi connectivity index (χ2v) is 12.3. The van der Waals surface area contributed by atoms with E-state index in [-0.39, 0.29) is 22.8 Å². The van der Waals surface area contributed by atoms with Gasteiger partial charge in [0.2, 0.25) is 0 Å². The fourth-order valence-electron chi connectivity index (χ4n) is 7.81. The fourth-order valence-corrected chi connectivity index (χ4v) is 7.81. The molecule has 0 radical (unpaired) electrons. The van der Waals surface area contributed by atoms with Crippen molar-refractivity contribution in [3.05, 3.63) is 17.0 Å². The van der Waals surface area contributed by atoms with E-state index in [2.05, 4.69) is 65.4 Å². The fraction of sp³-hybridized carbons (Fsp3) is 0.852. The van der Waals surface area contributed by atoms with Gasteiger partial charge in [-0.1, -0.05) is 67.7 Å². The van der Waals surface area contributed by atoms with E-state index in [9.17, 15) is 4.79 Å². The summed E-state index contributed by atoms with van der Waals surface area (Å²) in [5.41, 5.74) is 3.40. The number of hydrogen-bond acceptors (Lipinski definition) is 2. The van der Waals surface area contributed by atoms with Crippen LogP contribution in [-0.4, -0.2) is 21.7 Å². The molecular formula is C27H45N3O. The number of amides is 1. The molecule has 1 heterocycles. The average Bonchev–Trinajstić information content (AvgIpc) is 3.12. The number of carbonyl (C=O) groups is 1. The standard InChI is InChI=1S/C27H45N3O/c1-9-21-17(2)22(29-30(21)19-13-11-10-12-14-19)23(31)28-24-25(4,5)16-15-20-18(3)27(20,8)26(24,6)7/h18-20,24H,9-16H2,1-8H3,(H,28,31)/t18?,20?,24-,27?/m1/s1. The molecule has 1 aromatic rings. The van der Waals surface area contributed by atoms with Crippen molar-refractivity contribution in [2.45, 2.75) is 119 Å². The second-order valence-electron chi connectivity index (χ2n) is 12.3. The van der Waals surface area contributed by atoms with Gasteiger partial charge in [-0.05, 0) is 67.1 Å². The number of nitrogens with one attached hydrogen (secondary N) is 1. The van der Waals surface area contributed by atoms with E-state index in [1.54, 1.807) is 0 Å². The van der Waals surface area contributed by atoms with Crippen molar-refractivity contribution in [3.8, 4) is 0 Å². The quantitative estimate of drug-likeness (QED) is 0.598. The molecule has 3 unspecified atom stereocenters. The first kappa shape index (κ1) is 22.9. The van der Waals surface area contributed by atoms with Crippen LogP contribution in [0.4, 0.5) is 0 Å². The second kappa shape index (κ2) is 7.63. The van der Waals surface area contributed by atoms with E-state index in [1.807, 2.05) is 0 Å². The highest BCUT2D eigenvalue weighted by atomic mass is 16.2. The molecule has 3 saturated carbocycles. The summed E-state index contributed by atoms with van der Waals surface area (Å²) in [4.78, 5) is 13.7. The maximum atomic E-state index is 13.7. The van der Waals surface area contributed by atoms with Crippen molar-refractivity contribution in [1.82, 2.24) is 15.1 Å². The topological polar surface area (TPSA) is 46.9 Å². The monoisotopic (exact) mass is 427 g/mol. The Kier molecular flexibility index (Phi) is 5.62. The summed E-state index contributed by atoms with van der Waals surface area (Å²) in [7, 11) is 0. The number of carbonyl (C=O) groups excluding carboxylic acids is 1. The summed E-state index contributed by atoms with van der Waals surface area (Å²) in [6.45, 7) is 18.7. The Hall–Kier alpha value is -1.32. The van der Waals surface area contributed by atoms with Crippen LogP contribution in [-0.2, 0) is 6.42 Å². The molecular weight excluding hydrogens is 382 g/mol. The van der Waals surface area contributed by atoms with Crippen LogP contribution in [0.2, 0.25) is 0 Å². The van der Waals surface area contributed by atoms with Gasteiger partial charge in [0, 0.05) is 17.3 Å². The first-order valence-electron chi connectivity index (χ1n) is 12.9. The highest BCUT2D eigenvalue weighted by molar-refractivity contribution is 5.94. The lowest BCUT2D eigenvalue weighted by Crippen LogP contribution is -2.56. The third-order valence-electron chi connectivity index (χ3n) is 10.2.